The van der Waals surface area contributed by atoms with Gasteiger partial charge in [0.05, 0.1) is 6.21 Å². The van der Waals surface area contributed by atoms with Crippen LogP contribution in [0.15, 0.2) is 33.8 Å². The van der Waals surface area contributed by atoms with Gasteiger partial charge in [0.25, 0.3) is 0 Å². The lowest BCUT2D eigenvalue weighted by atomic mass is 10.2. The van der Waals surface area contributed by atoms with Crippen LogP contribution < -0.4 is 5.43 Å². The van der Waals surface area contributed by atoms with E-state index in [1.807, 2.05) is 24.3 Å². The fourth-order valence-corrected chi connectivity index (χ4v) is 1.42. The molecular formula is C11H11BrN2O. The lowest BCUT2D eigenvalue weighted by Gasteiger charge is -1.96. The monoisotopic (exact) mass is 266 g/mol. The minimum atomic E-state index is 0.0309. The van der Waals surface area contributed by atoms with Crippen LogP contribution >= 0.6 is 15.9 Å². The third-order valence-corrected chi connectivity index (χ3v) is 2.74. The van der Waals surface area contributed by atoms with E-state index in [1.165, 1.54) is 0 Å². The minimum Gasteiger partial charge on any atom is -0.273 e. The van der Waals surface area contributed by atoms with E-state index >= 15 is 0 Å². The Morgan fingerprint density at radius 2 is 2.07 bits per heavy atom. The van der Waals surface area contributed by atoms with E-state index in [0.29, 0.717) is 0 Å². The molecule has 78 valence electrons. The summed E-state index contributed by atoms with van der Waals surface area (Å²) < 4.78 is 1.03. The molecule has 0 spiro atoms. The van der Waals surface area contributed by atoms with Crippen molar-refractivity contribution in [3.63, 3.8) is 0 Å². The molecule has 1 N–H and O–H groups in total. The van der Waals surface area contributed by atoms with Gasteiger partial charge in [-0.25, -0.2) is 5.43 Å². The van der Waals surface area contributed by atoms with E-state index in [9.17, 15) is 4.79 Å². The number of amides is 1. The standard InChI is InChI=1S/C11H11BrN2O/c12-10-5-1-8(2-6-10)7-13-14-11(15)9-3-4-9/h1-2,5-7,9H,3-4H2,(H,14,15). The number of carbonyl (C=O) groups excluding carboxylic acids is 1. The average Bonchev–Trinajstić information content (AvgIpc) is 3.04. The van der Waals surface area contributed by atoms with Gasteiger partial charge in [0.2, 0.25) is 5.91 Å². The fraction of sp³-hybridized carbons (Fsp3) is 0.273. The Balaban J connectivity index is 1.87. The lowest BCUT2D eigenvalue weighted by Crippen LogP contribution is -2.18. The summed E-state index contributed by atoms with van der Waals surface area (Å²) >= 11 is 3.35. The van der Waals surface area contributed by atoms with Crippen molar-refractivity contribution in [1.29, 1.82) is 0 Å². The zero-order chi connectivity index (χ0) is 10.7. The van der Waals surface area contributed by atoms with Crippen LogP contribution in [0, 0.1) is 5.92 Å². The summed E-state index contributed by atoms with van der Waals surface area (Å²) in [5, 5.41) is 3.89. The fourth-order valence-electron chi connectivity index (χ4n) is 1.16. The summed E-state index contributed by atoms with van der Waals surface area (Å²) in [6.07, 6.45) is 3.64. The van der Waals surface area contributed by atoms with Crippen molar-refractivity contribution < 1.29 is 4.79 Å². The average molecular weight is 267 g/mol. The molecule has 15 heavy (non-hydrogen) atoms. The van der Waals surface area contributed by atoms with E-state index in [2.05, 4.69) is 26.5 Å². The highest BCUT2D eigenvalue weighted by Crippen LogP contribution is 2.28. The molecular weight excluding hydrogens is 256 g/mol. The predicted molar refractivity (Wildman–Crippen MR) is 62.6 cm³/mol. The highest BCUT2D eigenvalue weighted by atomic mass is 79.9. The summed E-state index contributed by atoms with van der Waals surface area (Å²) in [6.45, 7) is 0. The van der Waals surface area contributed by atoms with Crippen molar-refractivity contribution in [3.05, 3.63) is 34.3 Å². The van der Waals surface area contributed by atoms with Crippen LogP contribution in [0.5, 0.6) is 0 Å². The number of halogens is 1. The first-order valence-electron chi connectivity index (χ1n) is 4.84. The normalized spacial score (nSPS) is 15.5. The maximum atomic E-state index is 11.2. The third kappa shape index (κ3) is 3.16. The van der Waals surface area contributed by atoms with Crippen molar-refractivity contribution >= 4 is 28.1 Å². The molecule has 0 heterocycles. The number of carbonyl (C=O) groups is 1. The van der Waals surface area contributed by atoms with E-state index in [-0.39, 0.29) is 11.8 Å². The lowest BCUT2D eigenvalue weighted by molar-refractivity contribution is -0.122. The molecule has 4 heteroatoms. The summed E-state index contributed by atoms with van der Waals surface area (Å²) in [7, 11) is 0. The second-order valence-corrected chi connectivity index (χ2v) is 4.48. The minimum absolute atomic E-state index is 0.0309. The second-order valence-electron chi connectivity index (χ2n) is 3.56. The van der Waals surface area contributed by atoms with Crippen molar-refractivity contribution in [1.82, 2.24) is 5.43 Å². The first-order valence-corrected chi connectivity index (χ1v) is 5.63. The molecule has 1 saturated carbocycles. The van der Waals surface area contributed by atoms with Gasteiger partial charge in [-0.2, -0.15) is 5.10 Å². The number of nitrogens with zero attached hydrogens (tertiary/aromatic N) is 1. The molecule has 0 aromatic heterocycles. The van der Waals surface area contributed by atoms with Gasteiger partial charge in [0, 0.05) is 10.4 Å². The molecule has 1 aromatic rings. The highest BCUT2D eigenvalue weighted by Gasteiger charge is 2.29. The van der Waals surface area contributed by atoms with Crippen LogP contribution in [0.4, 0.5) is 0 Å². The molecule has 1 fully saturated rings. The second kappa shape index (κ2) is 4.57. The number of hydrogen-bond acceptors (Lipinski definition) is 2. The number of benzene rings is 1. The van der Waals surface area contributed by atoms with Crippen molar-refractivity contribution in [2.45, 2.75) is 12.8 Å². The Kier molecular flexibility index (Phi) is 3.16. The Labute approximate surface area is 96.7 Å². The van der Waals surface area contributed by atoms with Crippen LogP contribution in [0.25, 0.3) is 0 Å². The van der Waals surface area contributed by atoms with Crippen LogP contribution in [0.3, 0.4) is 0 Å². The van der Waals surface area contributed by atoms with Crippen LogP contribution in [-0.2, 0) is 4.79 Å². The Morgan fingerprint density at radius 3 is 2.67 bits per heavy atom. The molecule has 3 nitrogen and oxygen atoms in total. The zero-order valence-electron chi connectivity index (χ0n) is 8.11. The van der Waals surface area contributed by atoms with Gasteiger partial charge in [-0.15, -0.1) is 0 Å². The van der Waals surface area contributed by atoms with Crippen LogP contribution in [0.1, 0.15) is 18.4 Å². The van der Waals surface area contributed by atoms with Crippen LogP contribution in [0.2, 0.25) is 0 Å². The summed E-state index contributed by atoms with van der Waals surface area (Å²) in [4.78, 5) is 11.2. The van der Waals surface area contributed by atoms with Gasteiger partial charge in [-0.05, 0) is 30.5 Å². The number of nitrogens with one attached hydrogen (secondary N) is 1. The Bertz CT molecular complexity index is 382. The first kappa shape index (κ1) is 10.4. The first-order chi connectivity index (χ1) is 7.25. The SMILES string of the molecule is O=C(NN=Cc1ccc(Br)cc1)C1CC1. The van der Waals surface area contributed by atoms with Gasteiger partial charge in [-0.1, -0.05) is 28.1 Å². The van der Waals surface area contributed by atoms with Gasteiger partial charge in [-0.3, -0.25) is 4.79 Å². The number of hydrazone groups is 1. The quantitative estimate of drug-likeness (QED) is 0.662. The molecule has 0 saturated heterocycles. The maximum Gasteiger partial charge on any atom is 0.243 e. The van der Waals surface area contributed by atoms with E-state index in [0.717, 1.165) is 22.9 Å². The topological polar surface area (TPSA) is 41.5 Å². The van der Waals surface area contributed by atoms with Gasteiger partial charge >= 0.3 is 0 Å². The van der Waals surface area contributed by atoms with E-state index in [4.69, 9.17) is 0 Å². The Hall–Kier alpha value is -1.16. The van der Waals surface area contributed by atoms with Gasteiger partial charge in [0.1, 0.15) is 0 Å². The number of hydrogen-bond donors (Lipinski definition) is 1. The summed E-state index contributed by atoms with van der Waals surface area (Å²) in [5.74, 6) is 0.232. The van der Waals surface area contributed by atoms with E-state index in [1.54, 1.807) is 6.21 Å². The summed E-state index contributed by atoms with van der Waals surface area (Å²) in [6, 6.07) is 7.72. The van der Waals surface area contributed by atoms with Gasteiger partial charge < -0.3 is 0 Å². The molecule has 0 aliphatic heterocycles. The highest BCUT2D eigenvalue weighted by molar-refractivity contribution is 9.10. The molecule has 1 aromatic carbocycles. The molecule has 1 amide bonds. The molecule has 0 bridgehead atoms. The Morgan fingerprint density at radius 1 is 1.40 bits per heavy atom. The molecule has 1 aliphatic carbocycles. The molecule has 1 aliphatic rings. The molecule has 0 atom stereocenters. The molecule has 0 unspecified atom stereocenters. The zero-order valence-corrected chi connectivity index (χ0v) is 9.70. The largest absolute Gasteiger partial charge is 0.273 e. The van der Waals surface area contributed by atoms with Gasteiger partial charge in [0.15, 0.2) is 0 Å². The smallest absolute Gasteiger partial charge is 0.243 e. The number of rotatable bonds is 3. The maximum absolute atomic E-state index is 11.2. The summed E-state index contributed by atoms with van der Waals surface area (Å²) in [5.41, 5.74) is 3.49. The van der Waals surface area contributed by atoms with E-state index < -0.39 is 0 Å². The predicted octanol–water partition coefficient (Wildman–Crippen LogP) is 2.31. The molecule has 0 radical (unpaired) electrons. The van der Waals surface area contributed by atoms with Crippen molar-refractivity contribution in [3.8, 4) is 0 Å². The third-order valence-electron chi connectivity index (χ3n) is 2.21. The molecule has 2 rings (SSSR count). The van der Waals surface area contributed by atoms with Crippen LogP contribution in [-0.4, -0.2) is 12.1 Å². The van der Waals surface area contributed by atoms with Crippen molar-refractivity contribution in [2.24, 2.45) is 11.0 Å². The van der Waals surface area contributed by atoms with Crippen molar-refractivity contribution in [2.75, 3.05) is 0 Å².